The Labute approximate surface area is 158 Å². The number of phenols is 1. The molecule has 3 N–H and O–H groups in total. The average molecular weight is 371 g/mol. The zero-order valence-electron chi connectivity index (χ0n) is 15.8. The van der Waals surface area contributed by atoms with Crippen molar-refractivity contribution in [2.24, 2.45) is 0 Å². The lowest BCUT2D eigenvalue weighted by Gasteiger charge is -2.43. The molecule has 2 heterocycles. The van der Waals surface area contributed by atoms with Gasteiger partial charge < -0.3 is 20.5 Å². The SMILES string of the molecule is COC(=O)C(C)(C)N1CCN(c2cc(-c3ccccc3O)nnc2N)CC1. The first-order valence-corrected chi connectivity index (χ1v) is 8.84. The summed E-state index contributed by atoms with van der Waals surface area (Å²) < 4.78 is 4.92. The highest BCUT2D eigenvalue weighted by Gasteiger charge is 2.37. The van der Waals surface area contributed by atoms with Crippen LogP contribution in [0.1, 0.15) is 13.8 Å². The van der Waals surface area contributed by atoms with Crippen LogP contribution in [0, 0.1) is 0 Å². The number of esters is 1. The maximum atomic E-state index is 12.0. The molecule has 3 rings (SSSR count). The Morgan fingerprint density at radius 3 is 2.48 bits per heavy atom. The molecule has 1 aromatic carbocycles. The van der Waals surface area contributed by atoms with Gasteiger partial charge in [0, 0.05) is 31.7 Å². The highest BCUT2D eigenvalue weighted by atomic mass is 16.5. The number of nitrogen functional groups attached to an aromatic ring is 1. The molecule has 1 aliphatic rings. The Morgan fingerprint density at radius 1 is 1.19 bits per heavy atom. The fourth-order valence-corrected chi connectivity index (χ4v) is 3.35. The summed E-state index contributed by atoms with van der Waals surface area (Å²) in [4.78, 5) is 16.3. The van der Waals surface area contributed by atoms with Crippen molar-refractivity contribution in [3.63, 3.8) is 0 Å². The Kier molecular flexibility index (Phi) is 5.18. The van der Waals surface area contributed by atoms with E-state index in [0.29, 0.717) is 43.3 Å². The van der Waals surface area contributed by atoms with E-state index in [-0.39, 0.29) is 11.7 Å². The number of benzene rings is 1. The third-order valence-electron chi connectivity index (χ3n) is 5.08. The lowest BCUT2D eigenvalue weighted by Crippen LogP contribution is -2.58. The minimum Gasteiger partial charge on any atom is -0.507 e. The lowest BCUT2D eigenvalue weighted by molar-refractivity contribution is -0.153. The van der Waals surface area contributed by atoms with Gasteiger partial charge >= 0.3 is 5.97 Å². The number of ether oxygens (including phenoxy) is 1. The number of hydrogen-bond acceptors (Lipinski definition) is 8. The molecule has 144 valence electrons. The molecule has 1 fully saturated rings. The normalized spacial score (nSPS) is 15.6. The van der Waals surface area contributed by atoms with E-state index < -0.39 is 5.54 Å². The Bertz CT molecular complexity index is 832. The van der Waals surface area contributed by atoms with Gasteiger partial charge in [-0.15, -0.1) is 10.2 Å². The van der Waals surface area contributed by atoms with E-state index in [2.05, 4.69) is 20.0 Å². The van der Waals surface area contributed by atoms with Crippen molar-refractivity contribution in [2.75, 3.05) is 43.9 Å². The minimum atomic E-state index is -0.677. The van der Waals surface area contributed by atoms with Crippen LogP contribution in [0.5, 0.6) is 5.75 Å². The highest BCUT2D eigenvalue weighted by Crippen LogP contribution is 2.32. The molecular weight excluding hydrogens is 346 g/mol. The van der Waals surface area contributed by atoms with Crippen molar-refractivity contribution in [2.45, 2.75) is 19.4 Å². The summed E-state index contributed by atoms with van der Waals surface area (Å²) in [6.45, 7) is 6.50. The minimum absolute atomic E-state index is 0.146. The van der Waals surface area contributed by atoms with E-state index in [1.165, 1.54) is 7.11 Å². The molecule has 0 aliphatic carbocycles. The number of carbonyl (C=O) groups excluding carboxylic acids is 1. The van der Waals surface area contributed by atoms with Crippen molar-refractivity contribution in [1.82, 2.24) is 15.1 Å². The summed E-state index contributed by atoms with van der Waals surface area (Å²) >= 11 is 0. The quantitative estimate of drug-likeness (QED) is 0.779. The van der Waals surface area contributed by atoms with Crippen molar-refractivity contribution in [3.8, 4) is 17.0 Å². The number of anilines is 2. The summed E-state index contributed by atoms with van der Waals surface area (Å²) in [5, 5.41) is 18.3. The van der Waals surface area contributed by atoms with E-state index in [1.807, 2.05) is 26.0 Å². The van der Waals surface area contributed by atoms with Crippen LogP contribution in [0.2, 0.25) is 0 Å². The van der Waals surface area contributed by atoms with Crippen molar-refractivity contribution in [1.29, 1.82) is 0 Å². The molecule has 0 spiro atoms. The third kappa shape index (κ3) is 3.66. The van der Waals surface area contributed by atoms with E-state index in [0.717, 1.165) is 5.69 Å². The van der Waals surface area contributed by atoms with Crippen molar-refractivity contribution < 1.29 is 14.6 Å². The van der Waals surface area contributed by atoms with Crippen LogP contribution in [0.4, 0.5) is 11.5 Å². The van der Waals surface area contributed by atoms with Gasteiger partial charge in [0.15, 0.2) is 5.82 Å². The number of rotatable bonds is 4. The number of nitrogens with zero attached hydrogens (tertiary/aromatic N) is 4. The summed E-state index contributed by atoms with van der Waals surface area (Å²) in [6.07, 6.45) is 0. The molecule has 0 radical (unpaired) electrons. The molecule has 0 atom stereocenters. The van der Waals surface area contributed by atoms with E-state index >= 15 is 0 Å². The predicted octanol–water partition coefficient (Wildman–Crippen LogP) is 1.50. The summed E-state index contributed by atoms with van der Waals surface area (Å²) in [5.74, 6) is 0.241. The van der Waals surface area contributed by atoms with Crippen LogP contribution >= 0.6 is 0 Å². The largest absolute Gasteiger partial charge is 0.507 e. The molecule has 8 heteroatoms. The van der Waals surface area contributed by atoms with Crippen LogP contribution in [-0.4, -0.2) is 65.0 Å². The standard InChI is InChI=1S/C19H25N5O3/c1-19(2,18(26)27-3)24-10-8-23(9-11-24)15-12-14(21-22-17(15)20)13-6-4-5-7-16(13)25/h4-7,12,25H,8-11H2,1-3H3,(H2,20,22). The zero-order valence-corrected chi connectivity index (χ0v) is 15.8. The predicted molar refractivity (Wildman–Crippen MR) is 103 cm³/mol. The number of piperazine rings is 1. The Balaban J connectivity index is 1.80. The second-order valence-corrected chi connectivity index (χ2v) is 7.04. The first kappa shape index (κ1) is 18.9. The number of phenolic OH excluding ortho intramolecular Hbond substituents is 1. The number of carbonyl (C=O) groups is 1. The molecule has 1 saturated heterocycles. The fourth-order valence-electron chi connectivity index (χ4n) is 3.35. The number of aromatic hydroxyl groups is 1. The molecule has 1 aromatic heterocycles. The van der Waals surface area contributed by atoms with Gasteiger partial charge in [0.25, 0.3) is 0 Å². The molecular formula is C19H25N5O3. The van der Waals surface area contributed by atoms with Gasteiger partial charge in [-0.2, -0.15) is 0 Å². The van der Waals surface area contributed by atoms with Crippen molar-refractivity contribution in [3.05, 3.63) is 30.3 Å². The Hall–Kier alpha value is -2.87. The Morgan fingerprint density at radius 2 is 1.85 bits per heavy atom. The molecule has 0 saturated carbocycles. The van der Waals surface area contributed by atoms with Gasteiger partial charge in [0.05, 0.1) is 18.5 Å². The van der Waals surface area contributed by atoms with Crippen LogP contribution < -0.4 is 10.6 Å². The van der Waals surface area contributed by atoms with Crippen molar-refractivity contribution >= 4 is 17.5 Å². The molecule has 0 bridgehead atoms. The topological polar surface area (TPSA) is 105 Å². The number of methoxy groups -OCH3 is 1. The van der Waals surface area contributed by atoms with Crippen LogP contribution in [0.25, 0.3) is 11.3 Å². The molecule has 1 aliphatic heterocycles. The van der Waals surface area contributed by atoms with Gasteiger partial charge in [-0.3, -0.25) is 9.69 Å². The average Bonchev–Trinajstić information content (AvgIpc) is 2.68. The smallest absolute Gasteiger partial charge is 0.325 e. The highest BCUT2D eigenvalue weighted by molar-refractivity contribution is 5.80. The van der Waals surface area contributed by atoms with Crippen LogP contribution in [0.3, 0.4) is 0 Å². The third-order valence-corrected chi connectivity index (χ3v) is 5.08. The van der Waals surface area contributed by atoms with E-state index in [9.17, 15) is 9.90 Å². The first-order chi connectivity index (χ1) is 12.8. The van der Waals surface area contributed by atoms with Gasteiger partial charge in [-0.1, -0.05) is 12.1 Å². The monoisotopic (exact) mass is 371 g/mol. The van der Waals surface area contributed by atoms with Crippen LogP contribution in [-0.2, 0) is 9.53 Å². The van der Waals surface area contributed by atoms with Crippen LogP contribution in [0.15, 0.2) is 30.3 Å². The van der Waals surface area contributed by atoms with Gasteiger partial charge in [0.1, 0.15) is 11.3 Å². The second kappa shape index (κ2) is 7.40. The summed E-state index contributed by atoms with van der Waals surface area (Å²) in [6, 6.07) is 8.84. The van der Waals surface area contributed by atoms with Gasteiger partial charge in [-0.05, 0) is 32.0 Å². The summed E-state index contributed by atoms with van der Waals surface area (Å²) in [7, 11) is 1.41. The molecule has 27 heavy (non-hydrogen) atoms. The summed E-state index contributed by atoms with van der Waals surface area (Å²) in [5.41, 5.74) is 7.33. The number of nitrogens with two attached hydrogens (primary N) is 1. The lowest BCUT2D eigenvalue weighted by atomic mass is 10.0. The van der Waals surface area contributed by atoms with E-state index in [1.54, 1.807) is 18.2 Å². The van der Waals surface area contributed by atoms with Gasteiger partial charge in [0.2, 0.25) is 0 Å². The molecule has 0 unspecified atom stereocenters. The van der Waals surface area contributed by atoms with Gasteiger partial charge in [-0.25, -0.2) is 0 Å². The maximum absolute atomic E-state index is 12.0. The molecule has 2 aromatic rings. The fraction of sp³-hybridized carbons (Fsp3) is 0.421. The maximum Gasteiger partial charge on any atom is 0.325 e. The molecule has 8 nitrogen and oxygen atoms in total. The second-order valence-electron chi connectivity index (χ2n) is 7.04. The van der Waals surface area contributed by atoms with E-state index in [4.69, 9.17) is 10.5 Å². The first-order valence-electron chi connectivity index (χ1n) is 8.84. The number of hydrogen-bond donors (Lipinski definition) is 2. The molecule has 0 amide bonds. The number of para-hydroxylation sites is 1. The zero-order chi connectivity index (χ0) is 19.6. The number of aromatic nitrogens is 2.